The molecule has 2 aromatic rings. The van der Waals surface area contributed by atoms with Crippen molar-refractivity contribution in [1.82, 2.24) is 5.32 Å². The molecule has 0 aliphatic rings. The van der Waals surface area contributed by atoms with Gasteiger partial charge in [0.15, 0.2) is 0 Å². The summed E-state index contributed by atoms with van der Waals surface area (Å²) in [5.74, 6) is 0. The zero-order valence-electron chi connectivity index (χ0n) is 12.7. The molecule has 0 aromatic heterocycles. The second-order valence-electron chi connectivity index (χ2n) is 5.34. The Balaban J connectivity index is 1.71. The van der Waals surface area contributed by atoms with Crippen LogP contribution in [-0.2, 0) is 0 Å². The number of hydrogen-bond donors (Lipinski definition) is 1. The Bertz CT molecular complexity index is 525. The number of benzene rings is 2. The van der Waals surface area contributed by atoms with Crippen LogP contribution in [0.2, 0.25) is 5.02 Å². The van der Waals surface area contributed by atoms with Gasteiger partial charge in [-0.3, -0.25) is 0 Å². The van der Waals surface area contributed by atoms with E-state index in [4.69, 9.17) is 11.6 Å². The third kappa shape index (κ3) is 5.07. The SMILES string of the molecule is CC(NCCCN(C)c1ccccc1)c1ccc(Cl)cc1. The van der Waals surface area contributed by atoms with Gasteiger partial charge in [0, 0.05) is 30.3 Å². The number of nitrogens with zero attached hydrogens (tertiary/aromatic N) is 1. The van der Waals surface area contributed by atoms with Crippen LogP contribution >= 0.6 is 11.6 Å². The highest BCUT2D eigenvalue weighted by molar-refractivity contribution is 6.30. The first kappa shape index (κ1) is 15.9. The van der Waals surface area contributed by atoms with Gasteiger partial charge in [-0.2, -0.15) is 0 Å². The molecule has 0 bridgehead atoms. The van der Waals surface area contributed by atoms with Crippen molar-refractivity contribution in [3.8, 4) is 0 Å². The molecule has 0 fully saturated rings. The zero-order valence-corrected chi connectivity index (χ0v) is 13.5. The molecule has 0 saturated heterocycles. The zero-order chi connectivity index (χ0) is 15.1. The predicted octanol–water partition coefficient (Wildman–Crippen LogP) is 4.52. The minimum atomic E-state index is 0.351. The molecule has 1 atom stereocenters. The summed E-state index contributed by atoms with van der Waals surface area (Å²) < 4.78 is 0. The van der Waals surface area contributed by atoms with Crippen molar-refractivity contribution in [1.29, 1.82) is 0 Å². The molecule has 0 aliphatic carbocycles. The van der Waals surface area contributed by atoms with E-state index in [2.05, 4.69) is 60.6 Å². The molecule has 0 spiro atoms. The lowest BCUT2D eigenvalue weighted by atomic mass is 10.1. The van der Waals surface area contributed by atoms with Gasteiger partial charge < -0.3 is 10.2 Å². The molecule has 0 amide bonds. The minimum Gasteiger partial charge on any atom is -0.375 e. The Labute approximate surface area is 132 Å². The minimum absolute atomic E-state index is 0.351. The lowest BCUT2D eigenvalue weighted by molar-refractivity contribution is 0.558. The largest absolute Gasteiger partial charge is 0.375 e. The number of anilines is 1. The van der Waals surface area contributed by atoms with Crippen molar-refractivity contribution in [2.24, 2.45) is 0 Å². The molecule has 0 radical (unpaired) electrons. The van der Waals surface area contributed by atoms with Crippen LogP contribution in [-0.4, -0.2) is 20.1 Å². The van der Waals surface area contributed by atoms with E-state index in [1.54, 1.807) is 0 Å². The average molecular weight is 303 g/mol. The second kappa shape index (κ2) is 8.06. The van der Waals surface area contributed by atoms with Gasteiger partial charge in [-0.15, -0.1) is 0 Å². The van der Waals surface area contributed by atoms with Crippen molar-refractivity contribution < 1.29 is 0 Å². The quantitative estimate of drug-likeness (QED) is 0.757. The lowest BCUT2D eigenvalue weighted by Crippen LogP contribution is -2.25. The van der Waals surface area contributed by atoms with Crippen LogP contribution in [0, 0.1) is 0 Å². The maximum absolute atomic E-state index is 5.91. The first-order valence-electron chi connectivity index (χ1n) is 7.42. The number of hydrogen-bond acceptors (Lipinski definition) is 2. The van der Waals surface area contributed by atoms with Crippen LogP contribution < -0.4 is 10.2 Å². The first-order chi connectivity index (χ1) is 10.2. The van der Waals surface area contributed by atoms with Gasteiger partial charge in [-0.05, 0) is 49.7 Å². The van der Waals surface area contributed by atoms with Crippen molar-refractivity contribution in [3.63, 3.8) is 0 Å². The van der Waals surface area contributed by atoms with E-state index in [0.29, 0.717) is 6.04 Å². The molecule has 0 heterocycles. The topological polar surface area (TPSA) is 15.3 Å². The average Bonchev–Trinajstić information content (AvgIpc) is 2.52. The number of nitrogens with one attached hydrogen (secondary N) is 1. The molecule has 0 aliphatic heterocycles. The fourth-order valence-electron chi connectivity index (χ4n) is 2.32. The lowest BCUT2D eigenvalue weighted by Gasteiger charge is -2.20. The van der Waals surface area contributed by atoms with Gasteiger partial charge in [0.1, 0.15) is 0 Å². The first-order valence-corrected chi connectivity index (χ1v) is 7.79. The summed E-state index contributed by atoms with van der Waals surface area (Å²) in [6.45, 7) is 4.23. The van der Waals surface area contributed by atoms with Gasteiger partial charge in [0.2, 0.25) is 0 Å². The molecule has 21 heavy (non-hydrogen) atoms. The fourth-order valence-corrected chi connectivity index (χ4v) is 2.44. The standard InChI is InChI=1S/C18H23ClN2/c1-15(16-9-11-17(19)12-10-16)20-13-6-14-21(2)18-7-4-3-5-8-18/h3-5,7-12,15,20H,6,13-14H2,1-2H3. The Morgan fingerprint density at radius 2 is 1.71 bits per heavy atom. The van der Waals surface area contributed by atoms with Crippen molar-refractivity contribution in [3.05, 3.63) is 65.2 Å². The highest BCUT2D eigenvalue weighted by Gasteiger charge is 2.04. The normalized spacial score (nSPS) is 12.1. The predicted molar refractivity (Wildman–Crippen MR) is 92.2 cm³/mol. The Morgan fingerprint density at radius 3 is 2.38 bits per heavy atom. The molecule has 1 unspecified atom stereocenters. The Morgan fingerprint density at radius 1 is 1.05 bits per heavy atom. The van der Waals surface area contributed by atoms with Crippen molar-refractivity contribution in [2.45, 2.75) is 19.4 Å². The number of halogens is 1. The van der Waals surface area contributed by atoms with Crippen molar-refractivity contribution in [2.75, 3.05) is 25.0 Å². The maximum atomic E-state index is 5.91. The Kier molecular flexibility index (Phi) is 6.09. The van der Waals surface area contributed by atoms with E-state index in [-0.39, 0.29) is 0 Å². The second-order valence-corrected chi connectivity index (χ2v) is 5.77. The Hall–Kier alpha value is -1.51. The third-order valence-corrected chi connectivity index (χ3v) is 3.94. The van der Waals surface area contributed by atoms with Gasteiger partial charge in [-0.1, -0.05) is 41.9 Å². The van der Waals surface area contributed by atoms with E-state index in [1.807, 2.05) is 18.2 Å². The van der Waals surface area contributed by atoms with Gasteiger partial charge in [0.25, 0.3) is 0 Å². The van der Waals surface area contributed by atoms with E-state index < -0.39 is 0 Å². The van der Waals surface area contributed by atoms with E-state index in [1.165, 1.54) is 11.3 Å². The van der Waals surface area contributed by atoms with Crippen LogP contribution in [0.25, 0.3) is 0 Å². The molecule has 2 aromatic carbocycles. The molecule has 112 valence electrons. The van der Waals surface area contributed by atoms with Gasteiger partial charge in [0.05, 0.1) is 0 Å². The smallest absolute Gasteiger partial charge is 0.0406 e. The summed E-state index contributed by atoms with van der Waals surface area (Å²) in [6, 6.07) is 18.9. The van der Waals surface area contributed by atoms with Crippen LogP contribution in [0.3, 0.4) is 0 Å². The van der Waals surface area contributed by atoms with Crippen LogP contribution in [0.15, 0.2) is 54.6 Å². The number of para-hydroxylation sites is 1. The van der Waals surface area contributed by atoms with Crippen molar-refractivity contribution >= 4 is 17.3 Å². The molecular weight excluding hydrogens is 280 g/mol. The van der Waals surface area contributed by atoms with Crippen LogP contribution in [0.1, 0.15) is 24.9 Å². The molecule has 2 nitrogen and oxygen atoms in total. The summed E-state index contributed by atoms with van der Waals surface area (Å²) in [5.41, 5.74) is 2.54. The molecular formula is C18H23ClN2. The fraction of sp³-hybridized carbons (Fsp3) is 0.333. The van der Waals surface area contributed by atoms with E-state index >= 15 is 0 Å². The molecule has 0 saturated carbocycles. The van der Waals surface area contributed by atoms with Crippen LogP contribution in [0.4, 0.5) is 5.69 Å². The summed E-state index contributed by atoms with van der Waals surface area (Å²) in [6.07, 6.45) is 1.11. The van der Waals surface area contributed by atoms with Gasteiger partial charge >= 0.3 is 0 Å². The number of rotatable bonds is 7. The third-order valence-electron chi connectivity index (χ3n) is 3.69. The van der Waals surface area contributed by atoms with Gasteiger partial charge in [-0.25, -0.2) is 0 Å². The monoisotopic (exact) mass is 302 g/mol. The highest BCUT2D eigenvalue weighted by atomic mass is 35.5. The summed E-state index contributed by atoms with van der Waals surface area (Å²) >= 11 is 5.91. The molecule has 2 rings (SSSR count). The highest BCUT2D eigenvalue weighted by Crippen LogP contribution is 2.16. The molecule has 3 heteroatoms. The van der Waals surface area contributed by atoms with Crippen LogP contribution in [0.5, 0.6) is 0 Å². The summed E-state index contributed by atoms with van der Waals surface area (Å²) in [4.78, 5) is 2.29. The summed E-state index contributed by atoms with van der Waals surface area (Å²) in [5, 5.41) is 4.34. The molecule has 1 N–H and O–H groups in total. The summed E-state index contributed by atoms with van der Waals surface area (Å²) in [7, 11) is 2.14. The van der Waals surface area contributed by atoms with E-state index in [0.717, 1.165) is 24.5 Å². The maximum Gasteiger partial charge on any atom is 0.0406 e. The van der Waals surface area contributed by atoms with E-state index in [9.17, 15) is 0 Å².